The van der Waals surface area contributed by atoms with E-state index in [4.69, 9.17) is 0 Å². The summed E-state index contributed by atoms with van der Waals surface area (Å²) in [5.74, 6) is 0. The molecule has 2 aromatic rings. The number of aromatic nitrogens is 1. The quantitative estimate of drug-likeness (QED) is 0.594. The van der Waals surface area contributed by atoms with E-state index in [9.17, 15) is 0 Å². The number of rotatable bonds is 0. The molecule has 0 aliphatic rings. The largest absolute Gasteiger partial charge is 0.368 e. The smallest absolute Gasteiger partial charge is 0.000496 e. The first-order chi connectivity index (χ1) is 5.00. The summed E-state index contributed by atoms with van der Waals surface area (Å²) >= 11 is 1.66. The first-order valence-electron chi connectivity index (χ1n) is 2.96. The second-order valence-corrected chi connectivity index (χ2v) is 2.39. The van der Waals surface area contributed by atoms with E-state index in [-0.39, 0.29) is 0 Å². The monoisotopic (exact) mass is 150 g/mol. The van der Waals surface area contributed by atoms with Crippen molar-refractivity contribution < 1.29 is 0 Å². The lowest BCUT2D eigenvalue weighted by Crippen LogP contribution is -1.38. The standard InChI is InChI=1S/C4H5N.C4H3S/c2*1-2-4-5-3-1/h1-5H;1,3-4H. The summed E-state index contributed by atoms with van der Waals surface area (Å²) in [6.07, 6.45) is 3.75. The summed E-state index contributed by atoms with van der Waals surface area (Å²) in [5.41, 5.74) is 0. The van der Waals surface area contributed by atoms with Crippen molar-refractivity contribution in [3.05, 3.63) is 47.4 Å². The van der Waals surface area contributed by atoms with Crippen LogP contribution in [0.15, 0.2) is 41.4 Å². The Morgan fingerprint density at radius 3 is 2.20 bits per heavy atom. The molecule has 0 bridgehead atoms. The fourth-order valence-electron chi connectivity index (χ4n) is 0.474. The number of nitrogens with one attached hydrogen (secondary N) is 1. The van der Waals surface area contributed by atoms with Crippen LogP contribution in [0.3, 0.4) is 0 Å². The summed E-state index contributed by atoms with van der Waals surface area (Å²) < 4.78 is 0. The van der Waals surface area contributed by atoms with Crippen molar-refractivity contribution in [2.45, 2.75) is 0 Å². The first kappa shape index (κ1) is 7.09. The maximum absolute atomic E-state index is 2.88. The van der Waals surface area contributed by atoms with Gasteiger partial charge >= 0.3 is 0 Å². The number of thiophene rings is 1. The molecule has 0 spiro atoms. The highest BCUT2D eigenvalue weighted by atomic mass is 32.1. The van der Waals surface area contributed by atoms with Gasteiger partial charge in [0.2, 0.25) is 0 Å². The molecule has 2 aromatic heterocycles. The van der Waals surface area contributed by atoms with Gasteiger partial charge in [0.25, 0.3) is 0 Å². The topological polar surface area (TPSA) is 15.8 Å². The third-order valence-electron chi connectivity index (χ3n) is 0.875. The molecule has 51 valence electrons. The van der Waals surface area contributed by atoms with E-state index in [1.54, 1.807) is 11.3 Å². The minimum absolute atomic E-state index is 1.66. The predicted octanol–water partition coefficient (Wildman–Crippen LogP) is 2.56. The Hall–Kier alpha value is -1.02. The van der Waals surface area contributed by atoms with Crippen molar-refractivity contribution in [3.8, 4) is 0 Å². The molecule has 1 N–H and O–H groups in total. The van der Waals surface area contributed by atoms with Gasteiger partial charge in [-0.25, -0.2) is 0 Å². The maximum atomic E-state index is 2.88. The minimum Gasteiger partial charge on any atom is -0.368 e. The van der Waals surface area contributed by atoms with Crippen molar-refractivity contribution >= 4 is 11.3 Å². The van der Waals surface area contributed by atoms with Gasteiger partial charge < -0.3 is 4.98 Å². The SMILES string of the molecule is [c]1ccsc1.c1cc[nH]c1. The number of hydrogen-bond donors (Lipinski definition) is 1. The van der Waals surface area contributed by atoms with Crippen LogP contribution in [0, 0.1) is 6.07 Å². The summed E-state index contributed by atoms with van der Waals surface area (Å²) in [6, 6.07) is 8.66. The van der Waals surface area contributed by atoms with Crippen LogP contribution in [-0.4, -0.2) is 4.98 Å². The highest BCUT2D eigenvalue weighted by Crippen LogP contribution is 1.90. The van der Waals surface area contributed by atoms with Crippen molar-refractivity contribution in [2.75, 3.05) is 0 Å². The van der Waals surface area contributed by atoms with Gasteiger partial charge in [0.1, 0.15) is 0 Å². The molecule has 0 unspecified atom stereocenters. The Morgan fingerprint density at radius 2 is 2.00 bits per heavy atom. The Morgan fingerprint density at radius 1 is 1.20 bits per heavy atom. The van der Waals surface area contributed by atoms with E-state index < -0.39 is 0 Å². The Bertz CT molecular complexity index is 148. The highest BCUT2D eigenvalue weighted by Gasteiger charge is 1.59. The van der Waals surface area contributed by atoms with Crippen LogP contribution >= 0.6 is 11.3 Å². The molecule has 0 saturated carbocycles. The zero-order valence-corrected chi connectivity index (χ0v) is 6.27. The molecule has 2 rings (SSSR count). The fourth-order valence-corrected chi connectivity index (χ4v) is 0.867. The van der Waals surface area contributed by atoms with Crippen molar-refractivity contribution in [3.63, 3.8) is 0 Å². The Kier molecular flexibility index (Phi) is 3.42. The van der Waals surface area contributed by atoms with Crippen molar-refractivity contribution in [1.82, 2.24) is 4.98 Å². The van der Waals surface area contributed by atoms with E-state index in [2.05, 4.69) is 11.1 Å². The molecule has 0 aliphatic carbocycles. The van der Waals surface area contributed by atoms with Crippen LogP contribution in [0.1, 0.15) is 0 Å². The minimum atomic E-state index is 1.66. The van der Waals surface area contributed by atoms with Crippen LogP contribution in [0.25, 0.3) is 0 Å². The van der Waals surface area contributed by atoms with Crippen molar-refractivity contribution in [1.29, 1.82) is 0 Å². The molecule has 0 atom stereocenters. The second-order valence-electron chi connectivity index (χ2n) is 1.61. The summed E-state index contributed by atoms with van der Waals surface area (Å²) in [5, 5.41) is 3.90. The molecule has 10 heavy (non-hydrogen) atoms. The van der Waals surface area contributed by atoms with Gasteiger partial charge in [-0.3, -0.25) is 0 Å². The van der Waals surface area contributed by atoms with E-state index in [0.29, 0.717) is 0 Å². The second kappa shape index (κ2) is 4.82. The van der Waals surface area contributed by atoms with Gasteiger partial charge in [-0.2, -0.15) is 11.3 Å². The van der Waals surface area contributed by atoms with Gasteiger partial charge in [0, 0.05) is 12.4 Å². The lowest BCUT2D eigenvalue weighted by atomic mass is 10.7. The van der Waals surface area contributed by atoms with E-state index in [1.807, 2.05) is 41.4 Å². The average molecular weight is 150 g/mol. The Labute approximate surface area is 64.3 Å². The van der Waals surface area contributed by atoms with Crippen LogP contribution < -0.4 is 0 Å². The van der Waals surface area contributed by atoms with Crippen LogP contribution in [0.5, 0.6) is 0 Å². The molecule has 0 aliphatic heterocycles. The first-order valence-corrected chi connectivity index (χ1v) is 3.90. The number of H-pyrrole nitrogens is 1. The molecule has 0 fully saturated rings. The van der Waals surface area contributed by atoms with E-state index in [1.165, 1.54) is 0 Å². The lowest BCUT2D eigenvalue weighted by Gasteiger charge is -1.49. The molecule has 0 saturated heterocycles. The summed E-state index contributed by atoms with van der Waals surface area (Å²) in [4.78, 5) is 2.86. The fraction of sp³-hybridized carbons (Fsp3) is 0. The molecule has 2 heteroatoms. The van der Waals surface area contributed by atoms with Crippen LogP contribution in [0.4, 0.5) is 0 Å². The van der Waals surface area contributed by atoms with Crippen LogP contribution in [0.2, 0.25) is 0 Å². The van der Waals surface area contributed by atoms with Gasteiger partial charge in [0.15, 0.2) is 0 Å². The van der Waals surface area contributed by atoms with Gasteiger partial charge in [-0.1, -0.05) is 0 Å². The van der Waals surface area contributed by atoms with Gasteiger partial charge in [-0.05, 0) is 35.0 Å². The molecule has 0 aromatic carbocycles. The average Bonchev–Trinajstić information content (AvgIpc) is 2.67. The molecular weight excluding hydrogens is 142 g/mol. The lowest BCUT2D eigenvalue weighted by molar-refractivity contribution is 1.42. The number of aromatic amines is 1. The third-order valence-corrected chi connectivity index (χ3v) is 1.44. The number of hydrogen-bond acceptors (Lipinski definition) is 1. The van der Waals surface area contributed by atoms with Crippen LogP contribution in [-0.2, 0) is 0 Å². The maximum Gasteiger partial charge on any atom is 0.000496 e. The zero-order chi connectivity index (χ0) is 7.07. The normalized spacial score (nSPS) is 8.00. The molecular formula is C8H8NS. The third kappa shape index (κ3) is 3.10. The molecule has 1 radical (unpaired) electrons. The molecule has 0 amide bonds. The van der Waals surface area contributed by atoms with Gasteiger partial charge in [-0.15, -0.1) is 0 Å². The predicted molar refractivity (Wildman–Crippen MR) is 43.9 cm³/mol. The Balaban J connectivity index is 0.0000001000. The van der Waals surface area contributed by atoms with E-state index in [0.717, 1.165) is 0 Å². The van der Waals surface area contributed by atoms with Crippen molar-refractivity contribution in [2.24, 2.45) is 0 Å². The van der Waals surface area contributed by atoms with Gasteiger partial charge in [0.05, 0.1) is 0 Å². The zero-order valence-electron chi connectivity index (χ0n) is 5.45. The molecule has 2 heterocycles. The summed E-state index contributed by atoms with van der Waals surface area (Å²) in [6.45, 7) is 0. The molecule has 1 nitrogen and oxygen atoms in total. The highest BCUT2D eigenvalue weighted by molar-refractivity contribution is 7.07. The van der Waals surface area contributed by atoms with E-state index >= 15 is 0 Å². The summed E-state index contributed by atoms with van der Waals surface area (Å²) in [7, 11) is 0.